The third-order valence-electron chi connectivity index (χ3n) is 10.6. The monoisotopic (exact) mass is 744 g/mol. The quantitative estimate of drug-likeness (QED) is 0.0978. The van der Waals surface area contributed by atoms with Crippen molar-refractivity contribution in [1.82, 2.24) is 20.2 Å². The van der Waals surface area contributed by atoms with E-state index in [4.69, 9.17) is 19.2 Å². The lowest BCUT2D eigenvalue weighted by molar-refractivity contribution is -0.172. The minimum absolute atomic E-state index is 0.00769. The molecule has 4 heterocycles. The van der Waals surface area contributed by atoms with E-state index in [1.54, 1.807) is 38.1 Å². The van der Waals surface area contributed by atoms with Gasteiger partial charge < -0.3 is 34.5 Å². The number of aromatic nitrogens is 2. The Kier molecular flexibility index (Phi) is 9.27. The summed E-state index contributed by atoms with van der Waals surface area (Å²) in [6, 6.07) is 20.7. The van der Waals surface area contributed by atoms with E-state index in [0.29, 0.717) is 39.0 Å². The molecule has 0 radical (unpaired) electrons. The lowest BCUT2D eigenvalue weighted by Gasteiger charge is -2.31. The molecule has 13 heteroatoms. The van der Waals surface area contributed by atoms with Crippen LogP contribution in [0.1, 0.15) is 58.2 Å². The summed E-state index contributed by atoms with van der Waals surface area (Å²) in [4.78, 5) is 56.0. The molecule has 2 amide bonds. The third kappa shape index (κ3) is 6.24. The number of halogens is 1. The number of aryl methyl sites for hydroxylation is 1. The molecule has 3 aromatic carbocycles. The Hall–Kier alpha value is -6.18. The summed E-state index contributed by atoms with van der Waals surface area (Å²) in [5, 5.41) is 17.0. The molecule has 55 heavy (non-hydrogen) atoms. The maximum atomic E-state index is 14.8. The van der Waals surface area contributed by atoms with Crippen LogP contribution in [0.2, 0.25) is 0 Å². The van der Waals surface area contributed by atoms with E-state index >= 15 is 0 Å². The number of hydrogen-bond acceptors (Lipinski definition) is 9. The molecule has 8 rings (SSSR count). The van der Waals surface area contributed by atoms with E-state index in [2.05, 4.69) is 22.8 Å². The molecule has 0 saturated heterocycles. The zero-order valence-corrected chi connectivity index (χ0v) is 30.1. The van der Waals surface area contributed by atoms with Gasteiger partial charge >= 0.3 is 12.1 Å². The predicted octanol–water partition coefficient (Wildman–Crippen LogP) is 5.17. The minimum atomic E-state index is -1.98. The van der Waals surface area contributed by atoms with Crippen molar-refractivity contribution in [3.8, 4) is 22.5 Å². The maximum Gasteiger partial charge on any atom is 0.407 e. The molecule has 280 valence electrons. The van der Waals surface area contributed by atoms with Crippen molar-refractivity contribution in [3.05, 3.63) is 128 Å². The van der Waals surface area contributed by atoms with Crippen LogP contribution in [0.5, 0.6) is 0 Å². The van der Waals surface area contributed by atoms with Crippen molar-refractivity contribution in [2.45, 2.75) is 44.9 Å². The zero-order valence-electron chi connectivity index (χ0n) is 30.1. The smallest absolute Gasteiger partial charge is 0.407 e. The van der Waals surface area contributed by atoms with E-state index in [1.165, 1.54) is 10.6 Å². The number of rotatable bonds is 10. The molecule has 2 aliphatic heterocycles. The van der Waals surface area contributed by atoms with Gasteiger partial charge in [-0.15, -0.1) is 0 Å². The van der Waals surface area contributed by atoms with Crippen LogP contribution < -0.4 is 16.2 Å². The van der Waals surface area contributed by atoms with Gasteiger partial charge in [0.05, 0.1) is 35.6 Å². The van der Waals surface area contributed by atoms with Gasteiger partial charge in [-0.1, -0.05) is 67.6 Å². The predicted molar refractivity (Wildman–Crippen MR) is 200 cm³/mol. The highest BCUT2D eigenvalue weighted by Gasteiger charge is 2.45. The number of carbonyl (C=O) groups excluding carboxylic acids is 3. The molecule has 0 bridgehead atoms. The number of fused-ring (bicyclic) bond motifs is 8. The molecule has 0 saturated carbocycles. The summed E-state index contributed by atoms with van der Waals surface area (Å²) in [7, 11) is 0. The number of esters is 1. The summed E-state index contributed by atoms with van der Waals surface area (Å²) in [6.45, 7) is 2.96. The number of amides is 2. The summed E-state index contributed by atoms with van der Waals surface area (Å²) >= 11 is 0. The zero-order chi connectivity index (χ0) is 38.4. The van der Waals surface area contributed by atoms with Gasteiger partial charge in [0.1, 0.15) is 32.3 Å². The molecule has 0 spiro atoms. The Morgan fingerprint density at radius 3 is 2.51 bits per heavy atom. The number of alkyl carbamates (subject to hydrolysis) is 1. The van der Waals surface area contributed by atoms with E-state index in [0.717, 1.165) is 22.3 Å². The number of cyclic esters (lactones) is 1. The number of nitrogens with one attached hydrogen (secondary N) is 2. The molecule has 1 atom stereocenters. The van der Waals surface area contributed by atoms with Crippen LogP contribution in [0.3, 0.4) is 0 Å². The van der Waals surface area contributed by atoms with Gasteiger partial charge in [0.2, 0.25) is 5.91 Å². The molecule has 0 unspecified atom stereocenters. The number of ether oxygens (including phenoxy) is 3. The van der Waals surface area contributed by atoms with Crippen molar-refractivity contribution >= 4 is 34.9 Å². The van der Waals surface area contributed by atoms with Gasteiger partial charge in [-0.25, -0.2) is 19.0 Å². The second kappa shape index (κ2) is 14.2. The Morgan fingerprint density at radius 1 is 1.05 bits per heavy atom. The highest BCUT2D eigenvalue weighted by molar-refractivity contribution is 5.94. The van der Waals surface area contributed by atoms with Crippen LogP contribution in [0.25, 0.3) is 39.5 Å². The largest absolute Gasteiger partial charge is 0.458 e. The number of aliphatic hydroxyl groups is 1. The second-order valence-electron chi connectivity index (χ2n) is 13.8. The first-order valence-corrected chi connectivity index (χ1v) is 18.0. The number of nitrogens with zero attached hydrogens (tertiary/aromatic N) is 2. The van der Waals surface area contributed by atoms with E-state index in [1.807, 2.05) is 36.4 Å². The van der Waals surface area contributed by atoms with Gasteiger partial charge in [0, 0.05) is 28.5 Å². The highest BCUT2D eigenvalue weighted by atomic mass is 19.1. The first-order chi connectivity index (χ1) is 26.6. The average Bonchev–Trinajstić information content (AvgIpc) is 3.72. The number of carbonyl (C=O) groups is 3. The lowest BCUT2D eigenvalue weighted by Crippen LogP contribution is -2.44. The van der Waals surface area contributed by atoms with Gasteiger partial charge in [0.25, 0.3) is 5.56 Å². The number of hydrogen-bond donors (Lipinski definition) is 3. The lowest BCUT2D eigenvalue weighted by atomic mass is 9.86. The summed E-state index contributed by atoms with van der Waals surface area (Å²) < 4.78 is 32.6. The van der Waals surface area contributed by atoms with Crippen molar-refractivity contribution in [1.29, 1.82) is 0 Å². The summed E-state index contributed by atoms with van der Waals surface area (Å²) in [5.74, 6) is -1.83. The molecule has 3 N–H and O–H groups in total. The van der Waals surface area contributed by atoms with Crippen molar-refractivity contribution < 1.29 is 38.1 Å². The van der Waals surface area contributed by atoms with Gasteiger partial charge in [-0.05, 0) is 58.9 Å². The first kappa shape index (κ1) is 35.8. The number of benzene rings is 3. The van der Waals surface area contributed by atoms with Crippen molar-refractivity contribution in [2.24, 2.45) is 0 Å². The molecular formula is C42H37FN4O8. The highest BCUT2D eigenvalue weighted by Crippen LogP contribution is 2.45. The maximum absolute atomic E-state index is 14.8. The van der Waals surface area contributed by atoms with Crippen LogP contribution in [0.4, 0.5) is 9.18 Å². The molecular weight excluding hydrogens is 707 g/mol. The van der Waals surface area contributed by atoms with Gasteiger partial charge in [0.15, 0.2) is 5.60 Å². The van der Waals surface area contributed by atoms with Crippen molar-refractivity contribution in [3.63, 3.8) is 0 Å². The van der Waals surface area contributed by atoms with Gasteiger partial charge in [-0.3, -0.25) is 9.59 Å². The standard InChI is InChI=1S/C42H37FN4O8/c1-3-42(52)33-16-36-38-30(19-47(36)39(49)32(33)21-54-40(42)50)28(29-15-23(2)34(43)17-35(29)46-38)13-8-14-53-22-45-37(48)18-44-41(51)55-20-31-26-11-6-4-9-24(26)25-10-5-7-12-27(25)31/h4-13,15-17,31,52H,3,14,18-22H2,1-2H3,(H,44,51)(H,45,48)/b13-8+/t42-/m0/s1. The first-order valence-electron chi connectivity index (χ1n) is 18.0. The van der Waals surface area contributed by atoms with E-state index in [-0.39, 0.29) is 63.1 Å². The Morgan fingerprint density at radius 2 is 1.78 bits per heavy atom. The minimum Gasteiger partial charge on any atom is -0.458 e. The van der Waals surface area contributed by atoms with E-state index < -0.39 is 34.9 Å². The fourth-order valence-electron chi connectivity index (χ4n) is 7.72. The second-order valence-corrected chi connectivity index (χ2v) is 13.8. The van der Waals surface area contributed by atoms with Crippen LogP contribution in [0, 0.1) is 12.7 Å². The van der Waals surface area contributed by atoms with Crippen LogP contribution in [-0.4, -0.2) is 59.1 Å². The molecule has 0 fully saturated rings. The van der Waals surface area contributed by atoms with Crippen LogP contribution in [0.15, 0.2) is 77.6 Å². The molecule has 2 aromatic heterocycles. The third-order valence-corrected chi connectivity index (χ3v) is 10.6. The fraction of sp³-hybridized carbons (Fsp3) is 0.262. The molecule has 3 aliphatic rings. The Balaban J connectivity index is 0.901. The molecule has 5 aromatic rings. The average molecular weight is 745 g/mol. The Bertz CT molecular complexity index is 2470. The summed E-state index contributed by atoms with van der Waals surface area (Å²) in [5.41, 5.74) is 5.44. The topological polar surface area (TPSA) is 158 Å². The van der Waals surface area contributed by atoms with Crippen LogP contribution >= 0.6 is 0 Å². The van der Waals surface area contributed by atoms with E-state index in [9.17, 15) is 28.7 Å². The molecule has 1 aliphatic carbocycles. The molecule has 12 nitrogen and oxygen atoms in total. The number of pyridine rings is 2. The fourth-order valence-corrected chi connectivity index (χ4v) is 7.72. The van der Waals surface area contributed by atoms with Crippen LogP contribution in [-0.2, 0) is 42.6 Å². The van der Waals surface area contributed by atoms with Crippen molar-refractivity contribution in [2.75, 3.05) is 26.5 Å². The normalized spacial score (nSPS) is 16.6. The summed E-state index contributed by atoms with van der Waals surface area (Å²) in [6.07, 6.45) is 2.83. The Labute approximate surface area is 314 Å². The van der Waals surface area contributed by atoms with Gasteiger partial charge in [-0.2, -0.15) is 0 Å². The SMILES string of the molecule is CC[C@@]1(O)C(=O)OCc2c1cc1n(c2=O)Cc2c-1nc1cc(F)c(C)cc1c2/C=C/COCNC(=O)CNC(=O)OCC1c2ccccc2-c2ccccc21.